The molecule has 0 saturated carbocycles. The van der Waals surface area contributed by atoms with Gasteiger partial charge in [0.15, 0.2) is 0 Å². The molecule has 0 unspecified atom stereocenters. The molecule has 0 bridgehead atoms. The molecule has 0 spiro atoms. The van der Waals surface area contributed by atoms with Crippen LogP contribution in [0.2, 0.25) is 0 Å². The first-order valence-corrected chi connectivity index (χ1v) is 7.22. The van der Waals surface area contributed by atoms with Gasteiger partial charge < -0.3 is 10.6 Å². The van der Waals surface area contributed by atoms with Gasteiger partial charge in [-0.3, -0.25) is 4.79 Å². The highest BCUT2D eigenvalue weighted by molar-refractivity contribution is 5.75. The summed E-state index contributed by atoms with van der Waals surface area (Å²) in [6.45, 7) is 1.56. The molecule has 0 fully saturated rings. The summed E-state index contributed by atoms with van der Waals surface area (Å²) in [6.07, 6.45) is 5.74. The maximum absolute atomic E-state index is 11.8. The zero-order chi connectivity index (χ0) is 13.9. The molecule has 0 saturated heterocycles. The summed E-state index contributed by atoms with van der Waals surface area (Å²) in [5, 5.41) is 0. The van der Waals surface area contributed by atoms with Gasteiger partial charge in [0, 0.05) is 20.0 Å². The van der Waals surface area contributed by atoms with Gasteiger partial charge >= 0.3 is 0 Å². The number of nitrogens with two attached hydrogens (primary N) is 1. The van der Waals surface area contributed by atoms with Crippen LogP contribution in [0.1, 0.15) is 37.7 Å². The number of hydrogen-bond acceptors (Lipinski definition) is 2. The quantitative estimate of drug-likeness (QED) is 0.695. The van der Waals surface area contributed by atoms with Gasteiger partial charge in [0.2, 0.25) is 5.91 Å². The molecule has 0 heterocycles. The highest BCUT2D eigenvalue weighted by Gasteiger charge is 2.07. The maximum Gasteiger partial charge on any atom is 0.222 e. The smallest absolute Gasteiger partial charge is 0.222 e. The topological polar surface area (TPSA) is 46.3 Å². The van der Waals surface area contributed by atoms with Crippen molar-refractivity contribution < 1.29 is 4.79 Å². The normalized spacial score (nSPS) is 10.4. The zero-order valence-electron chi connectivity index (χ0n) is 12.0. The van der Waals surface area contributed by atoms with Crippen LogP contribution < -0.4 is 5.73 Å². The minimum absolute atomic E-state index is 0.255. The van der Waals surface area contributed by atoms with Crippen LogP contribution in [-0.2, 0) is 11.2 Å². The number of carbonyl (C=O) groups excluding carboxylic acids is 1. The van der Waals surface area contributed by atoms with Crippen LogP contribution in [-0.4, -0.2) is 30.9 Å². The molecule has 2 N–H and O–H groups in total. The van der Waals surface area contributed by atoms with Crippen molar-refractivity contribution >= 4 is 5.91 Å². The molecular weight excluding hydrogens is 236 g/mol. The van der Waals surface area contributed by atoms with E-state index in [1.807, 2.05) is 18.0 Å². The number of nitrogens with zero attached hydrogens (tertiary/aromatic N) is 1. The van der Waals surface area contributed by atoms with Gasteiger partial charge in [0.1, 0.15) is 0 Å². The minimum atomic E-state index is 0.255. The van der Waals surface area contributed by atoms with E-state index < -0.39 is 0 Å². The van der Waals surface area contributed by atoms with E-state index >= 15 is 0 Å². The van der Waals surface area contributed by atoms with Gasteiger partial charge in [-0.2, -0.15) is 0 Å². The van der Waals surface area contributed by atoms with Gasteiger partial charge in [0.25, 0.3) is 0 Å². The summed E-state index contributed by atoms with van der Waals surface area (Å²) >= 11 is 0. The Hall–Kier alpha value is -1.35. The molecule has 0 radical (unpaired) electrons. The summed E-state index contributed by atoms with van der Waals surface area (Å²) in [7, 11) is 1.90. The number of aryl methyl sites for hydroxylation is 1. The number of carbonyl (C=O) groups is 1. The van der Waals surface area contributed by atoms with Crippen molar-refractivity contribution in [3.8, 4) is 0 Å². The van der Waals surface area contributed by atoms with Crippen molar-refractivity contribution in [3.05, 3.63) is 35.9 Å². The van der Waals surface area contributed by atoms with E-state index in [1.54, 1.807) is 0 Å². The lowest BCUT2D eigenvalue weighted by Gasteiger charge is -2.17. The van der Waals surface area contributed by atoms with Crippen molar-refractivity contribution in [2.45, 2.75) is 38.5 Å². The van der Waals surface area contributed by atoms with Crippen molar-refractivity contribution in [2.24, 2.45) is 5.73 Å². The number of benzene rings is 1. The first kappa shape index (κ1) is 15.7. The molecule has 0 atom stereocenters. The summed E-state index contributed by atoms with van der Waals surface area (Å²) in [4.78, 5) is 13.7. The average Bonchev–Trinajstić information content (AvgIpc) is 2.44. The molecule has 1 rings (SSSR count). The standard InChI is InChI=1S/C16H26N2O/c1-18(16(19)12-6-3-7-13-17)14-8-11-15-9-4-2-5-10-15/h2,4-5,9-10H,3,6-8,11-14,17H2,1H3. The molecule has 0 aliphatic rings. The fourth-order valence-electron chi connectivity index (χ4n) is 2.08. The number of amides is 1. The molecule has 0 aliphatic carbocycles. The van der Waals surface area contributed by atoms with Crippen LogP contribution in [0.5, 0.6) is 0 Å². The Kier molecular flexibility index (Phi) is 7.91. The average molecular weight is 262 g/mol. The SMILES string of the molecule is CN(CCCc1ccccc1)C(=O)CCCCCN. The fourth-order valence-corrected chi connectivity index (χ4v) is 2.08. The molecule has 0 aromatic heterocycles. The lowest BCUT2D eigenvalue weighted by atomic mass is 10.1. The number of hydrogen-bond donors (Lipinski definition) is 1. The van der Waals surface area contributed by atoms with E-state index in [2.05, 4.69) is 24.3 Å². The van der Waals surface area contributed by atoms with Gasteiger partial charge in [-0.05, 0) is 37.8 Å². The number of rotatable bonds is 9. The highest BCUT2D eigenvalue weighted by atomic mass is 16.2. The van der Waals surface area contributed by atoms with Crippen molar-refractivity contribution in [2.75, 3.05) is 20.1 Å². The third-order valence-electron chi connectivity index (χ3n) is 3.32. The van der Waals surface area contributed by atoms with Crippen molar-refractivity contribution in [1.82, 2.24) is 4.90 Å². The van der Waals surface area contributed by atoms with Crippen LogP contribution in [0.3, 0.4) is 0 Å². The van der Waals surface area contributed by atoms with Gasteiger partial charge in [-0.15, -0.1) is 0 Å². The molecule has 1 amide bonds. The fraction of sp³-hybridized carbons (Fsp3) is 0.562. The third-order valence-corrected chi connectivity index (χ3v) is 3.32. The summed E-state index contributed by atoms with van der Waals surface area (Å²) in [5.74, 6) is 0.255. The maximum atomic E-state index is 11.8. The van der Waals surface area contributed by atoms with Gasteiger partial charge in [-0.25, -0.2) is 0 Å². The van der Waals surface area contributed by atoms with Crippen molar-refractivity contribution in [3.63, 3.8) is 0 Å². The predicted octanol–water partition coefficient (Wildman–Crippen LogP) is 2.60. The Morgan fingerprint density at radius 1 is 1.11 bits per heavy atom. The minimum Gasteiger partial charge on any atom is -0.346 e. The third kappa shape index (κ3) is 6.97. The van der Waals surface area contributed by atoms with Gasteiger partial charge in [0.05, 0.1) is 0 Å². The molecule has 3 heteroatoms. The lowest BCUT2D eigenvalue weighted by Crippen LogP contribution is -2.27. The lowest BCUT2D eigenvalue weighted by molar-refractivity contribution is -0.130. The van der Waals surface area contributed by atoms with Crippen molar-refractivity contribution in [1.29, 1.82) is 0 Å². The second-order valence-corrected chi connectivity index (χ2v) is 5.00. The van der Waals surface area contributed by atoms with Crippen LogP contribution in [0.15, 0.2) is 30.3 Å². The molecule has 1 aromatic rings. The molecule has 1 aromatic carbocycles. The van der Waals surface area contributed by atoms with E-state index in [0.717, 1.165) is 45.2 Å². The first-order valence-electron chi connectivity index (χ1n) is 7.22. The van der Waals surface area contributed by atoms with E-state index in [4.69, 9.17) is 5.73 Å². The predicted molar refractivity (Wildman–Crippen MR) is 79.9 cm³/mol. The van der Waals surface area contributed by atoms with E-state index in [1.165, 1.54) is 5.56 Å². The van der Waals surface area contributed by atoms with E-state index in [0.29, 0.717) is 6.42 Å². The summed E-state index contributed by atoms with van der Waals surface area (Å²) in [6, 6.07) is 10.4. The van der Waals surface area contributed by atoms with E-state index in [9.17, 15) is 4.79 Å². The van der Waals surface area contributed by atoms with Crippen LogP contribution in [0.25, 0.3) is 0 Å². The molecule has 3 nitrogen and oxygen atoms in total. The zero-order valence-corrected chi connectivity index (χ0v) is 12.0. The summed E-state index contributed by atoms with van der Waals surface area (Å²) < 4.78 is 0. The molecular formula is C16H26N2O. The van der Waals surface area contributed by atoms with Crippen LogP contribution >= 0.6 is 0 Å². The highest BCUT2D eigenvalue weighted by Crippen LogP contribution is 2.05. The Morgan fingerprint density at radius 2 is 1.84 bits per heavy atom. The molecule has 19 heavy (non-hydrogen) atoms. The second kappa shape index (κ2) is 9.56. The Morgan fingerprint density at radius 3 is 2.53 bits per heavy atom. The summed E-state index contributed by atoms with van der Waals surface area (Å²) in [5.41, 5.74) is 6.77. The Labute approximate surface area is 116 Å². The first-order chi connectivity index (χ1) is 9.24. The monoisotopic (exact) mass is 262 g/mol. The second-order valence-electron chi connectivity index (χ2n) is 5.00. The van der Waals surface area contributed by atoms with E-state index in [-0.39, 0.29) is 5.91 Å². The van der Waals surface area contributed by atoms with Gasteiger partial charge in [-0.1, -0.05) is 36.8 Å². The van der Waals surface area contributed by atoms with Crippen LogP contribution in [0.4, 0.5) is 0 Å². The Bertz CT molecular complexity index is 351. The largest absolute Gasteiger partial charge is 0.346 e. The molecule has 106 valence electrons. The number of unbranched alkanes of at least 4 members (excludes halogenated alkanes) is 2. The molecule has 0 aliphatic heterocycles. The Balaban J connectivity index is 2.12. The van der Waals surface area contributed by atoms with Crippen LogP contribution in [0, 0.1) is 0 Å².